The minimum atomic E-state index is -5.32. The lowest BCUT2D eigenvalue weighted by Crippen LogP contribution is -2.40. The minimum Gasteiger partial charge on any atom is -0.236 e. The zero-order valence-electron chi connectivity index (χ0n) is 4.93. The second-order valence-corrected chi connectivity index (χ2v) is 4.33. The zero-order chi connectivity index (χ0) is 10.2. The predicted molar refractivity (Wildman–Crippen MR) is 37.1 cm³/mol. The largest absolute Gasteiger partial charge is 0.526 e. The molecule has 0 fully saturated rings. The third-order valence-corrected chi connectivity index (χ3v) is 1.95. The van der Waals surface area contributed by atoms with E-state index in [9.17, 15) is 17.6 Å². The van der Waals surface area contributed by atoms with Gasteiger partial charge in [0, 0.05) is 0 Å². The average molecular weight is 270 g/mol. The number of ether oxygens (including phenoxy) is 1. The molecule has 0 amide bonds. The molecule has 0 aromatic carbocycles. The van der Waals surface area contributed by atoms with Gasteiger partial charge < -0.3 is 0 Å². The molecule has 0 radical (unpaired) electrons. The van der Waals surface area contributed by atoms with Gasteiger partial charge in [-0.05, 0) is 11.6 Å². The standard InChI is InChI=1S/C3Cl4F4O/c4-1(5,6)2(7,8)12-3(9,10)11. The van der Waals surface area contributed by atoms with Crippen molar-refractivity contribution in [2.45, 2.75) is 15.5 Å². The molecule has 0 aromatic rings. The van der Waals surface area contributed by atoms with Crippen molar-refractivity contribution < 1.29 is 22.3 Å². The molecule has 1 atom stereocenters. The van der Waals surface area contributed by atoms with Gasteiger partial charge in [-0.15, -0.1) is 13.2 Å². The van der Waals surface area contributed by atoms with E-state index in [4.69, 9.17) is 34.8 Å². The van der Waals surface area contributed by atoms with E-state index in [0.29, 0.717) is 0 Å². The Morgan fingerprint density at radius 2 is 1.17 bits per heavy atom. The molecule has 0 N–H and O–H groups in total. The normalized spacial score (nSPS) is 19.0. The molecule has 0 heterocycles. The summed E-state index contributed by atoms with van der Waals surface area (Å²) in [6.45, 7) is 0. The number of hydrogen-bond acceptors (Lipinski definition) is 1. The van der Waals surface area contributed by atoms with Gasteiger partial charge in [-0.25, -0.2) is 4.74 Å². The Morgan fingerprint density at radius 1 is 0.833 bits per heavy atom. The van der Waals surface area contributed by atoms with E-state index < -0.39 is 15.5 Å². The third-order valence-electron chi connectivity index (χ3n) is 0.574. The maximum absolute atomic E-state index is 12.5. The molecule has 1 nitrogen and oxygen atoms in total. The Labute approximate surface area is 84.5 Å². The molecular formula is C3Cl4F4O. The van der Waals surface area contributed by atoms with Crippen molar-refractivity contribution in [1.29, 1.82) is 0 Å². The highest BCUT2D eigenvalue weighted by atomic mass is 35.6. The van der Waals surface area contributed by atoms with Crippen LogP contribution in [0.3, 0.4) is 0 Å². The van der Waals surface area contributed by atoms with Gasteiger partial charge in [0.1, 0.15) is 0 Å². The highest BCUT2D eigenvalue weighted by Crippen LogP contribution is 2.47. The van der Waals surface area contributed by atoms with Crippen molar-refractivity contribution in [3.8, 4) is 0 Å². The van der Waals surface area contributed by atoms with Gasteiger partial charge in [0.05, 0.1) is 0 Å². The average Bonchev–Trinajstić information content (AvgIpc) is 1.52. The number of rotatable bonds is 1. The molecule has 74 valence electrons. The van der Waals surface area contributed by atoms with Gasteiger partial charge in [0.15, 0.2) is 0 Å². The van der Waals surface area contributed by atoms with Crippen LogP contribution in [-0.4, -0.2) is 15.5 Å². The van der Waals surface area contributed by atoms with E-state index in [-0.39, 0.29) is 0 Å². The van der Waals surface area contributed by atoms with Crippen LogP contribution in [-0.2, 0) is 4.74 Å². The molecular weight excluding hydrogens is 270 g/mol. The fraction of sp³-hybridized carbons (Fsp3) is 1.00. The Morgan fingerprint density at radius 3 is 1.25 bits per heavy atom. The zero-order valence-corrected chi connectivity index (χ0v) is 7.96. The van der Waals surface area contributed by atoms with Crippen LogP contribution in [0.1, 0.15) is 0 Å². The van der Waals surface area contributed by atoms with Crippen molar-refractivity contribution in [1.82, 2.24) is 0 Å². The molecule has 0 aliphatic rings. The van der Waals surface area contributed by atoms with Gasteiger partial charge >= 0.3 is 11.7 Å². The van der Waals surface area contributed by atoms with Gasteiger partial charge in [-0.2, -0.15) is 4.39 Å². The lowest BCUT2D eigenvalue weighted by Gasteiger charge is -2.25. The maximum Gasteiger partial charge on any atom is 0.526 e. The summed E-state index contributed by atoms with van der Waals surface area (Å²) in [5.74, 6) is 0. The second kappa shape index (κ2) is 3.53. The monoisotopic (exact) mass is 268 g/mol. The molecule has 0 saturated carbocycles. The lowest BCUT2D eigenvalue weighted by atomic mass is 10.7. The van der Waals surface area contributed by atoms with Crippen molar-refractivity contribution in [3.05, 3.63) is 0 Å². The molecule has 12 heavy (non-hydrogen) atoms. The van der Waals surface area contributed by atoms with E-state index in [1.54, 1.807) is 0 Å². The molecule has 0 aliphatic heterocycles. The highest BCUT2D eigenvalue weighted by Gasteiger charge is 2.56. The van der Waals surface area contributed by atoms with Crippen molar-refractivity contribution in [2.75, 3.05) is 0 Å². The van der Waals surface area contributed by atoms with E-state index in [2.05, 4.69) is 16.3 Å². The highest BCUT2D eigenvalue weighted by molar-refractivity contribution is 6.70. The first-order valence-electron chi connectivity index (χ1n) is 2.17. The molecule has 0 rings (SSSR count). The van der Waals surface area contributed by atoms with E-state index in [1.165, 1.54) is 0 Å². The second-order valence-electron chi connectivity index (χ2n) is 1.56. The van der Waals surface area contributed by atoms with Crippen LogP contribution in [0.2, 0.25) is 0 Å². The SMILES string of the molecule is FC(F)(F)OC(F)(Cl)C(Cl)(Cl)Cl. The van der Waals surface area contributed by atoms with Crippen molar-refractivity contribution >= 4 is 46.4 Å². The van der Waals surface area contributed by atoms with Crippen molar-refractivity contribution in [3.63, 3.8) is 0 Å². The van der Waals surface area contributed by atoms with E-state index >= 15 is 0 Å². The summed E-state index contributed by atoms with van der Waals surface area (Å²) in [6.07, 6.45) is -5.32. The van der Waals surface area contributed by atoms with Gasteiger partial charge in [0.25, 0.3) is 3.79 Å². The first-order chi connectivity index (χ1) is 4.96. The fourth-order valence-electron chi connectivity index (χ4n) is 0.203. The molecule has 9 heteroatoms. The van der Waals surface area contributed by atoms with Crippen LogP contribution in [0.15, 0.2) is 0 Å². The maximum atomic E-state index is 12.5. The van der Waals surface area contributed by atoms with Crippen LogP contribution in [0.4, 0.5) is 17.6 Å². The van der Waals surface area contributed by atoms with Crippen LogP contribution < -0.4 is 0 Å². The quantitative estimate of drug-likeness (QED) is 0.520. The van der Waals surface area contributed by atoms with Gasteiger partial charge in [-0.1, -0.05) is 34.8 Å². The first-order valence-corrected chi connectivity index (χ1v) is 3.68. The summed E-state index contributed by atoms with van der Waals surface area (Å²) in [5.41, 5.74) is 0. The smallest absolute Gasteiger partial charge is 0.236 e. The molecule has 0 bridgehead atoms. The van der Waals surface area contributed by atoms with Crippen LogP contribution in [0.5, 0.6) is 0 Å². The van der Waals surface area contributed by atoms with Crippen LogP contribution >= 0.6 is 46.4 Å². The molecule has 1 unspecified atom stereocenters. The molecule has 0 saturated heterocycles. The summed E-state index contributed by atoms with van der Waals surface area (Å²) in [5, 5.41) is -3.93. The Kier molecular flexibility index (Phi) is 3.78. The molecule has 0 aromatic heterocycles. The molecule has 0 spiro atoms. The predicted octanol–water partition coefficient (Wildman–Crippen LogP) is 3.76. The fourth-order valence-corrected chi connectivity index (χ4v) is 0.406. The molecule has 0 aliphatic carbocycles. The number of alkyl halides is 8. The minimum absolute atomic E-state index is 2.69. The Balaban J connectivity index is 4.44. The number of hydrogen-bond donors (Lipinski definition) is 0. The van der Waals surface area contributed by atoms with Crippen LogP contribution in [0.25, 0.3) is 0 Å². The number of halogens is 8. The summed E-state index contributed by atoms with van der Waals surface area (Å²) in [4.78, 5) is 0. The van der Waals surface area contributed by atoms with E-state index in [1.807, 2.05) is 0 Å². The first kappa shape index (κ1) is 12.8. The third kappa shape index (κ3) is 4.18. The summed E-state index contributed by atoms with van der Waals surface area (Å²) >= 11 is 18.7. The summed E-state index contributed by atoms with van der Waals surface area (Å²) < 4.78 is 46.3. The van der Waals surface area contributed by atoms with Gasteiger partial charge in [0.2, 0.25) is 0 Å². The van der Waals surface area contributed by atoms with Gasteiger partial charge in [-0.3, -0.25) is 0 Å². The summed E-state index contributed by atoms with van der Waals surface area (Å²) in [7, 11) is 0. The summed E-state index contributed by atoms with van der Waals surface area (Å²) in [6, 6.07) is 0. The Hall–Kier alpha value is 0.840. The van der Waals surface area contributed by atoms with Crippen LogP contribution in [0, 0.1) is 0 Å². The lowest BCUT2D eigenvalue weighted by molar-refractivity contribution is -0.371. The van der Waals surface area contributed by atoms with Crippen molar-refractivity contribution in [2.24, 2.45) is 0 Å². The topological polar surface area (TPSA) is 9.23 Å². The van der Waals surface area contributed by atoms with E-state index in [0.717, 1.165) is 0 Å². The Bertz CT molecular complexity index is 161.